The second-order valence-corrected chi connectivity index (χ2v) is 4.23. The maximum absolute atomic E-state index is 12.0. The second-order valence-electron chi connectivity index (χ2n) is 4.23. The summed E-state index contributed by atoms with van der Waals surface area (Å²) in [4.78, 5) is 14.2. The lowest BCUT2D eigenvalue weighted by Crippen LogP contribution is -2.48. The number of benzene rings is 1. The van der Waals surface area contributed by atoms with Crippen LogP contribution in [0.4, 0.5) is 0 Å². The van der Waals surface area contributed by atoms with Crippen LogP contribution in [0.2, 0.25) is 0 Å². The number of hydrogen-bond donors (Lipinski definition) is 2. The zero-order chi connectivity index (χ0) is 12.8. The van der Waals surface area contributed by atoms with E-state index >= 15 is 0 Å². The molecule has 0 bridgehead atoms. The van der Waals surface area contributed by atoms with E-state index in [-0.39, 0.29) is 5.91 Å². The molecule has 2 rings (SSSR count). The summed E-state index contributed by atoms with van der Waals surface area (Å²) in [7, 11) is 1.57. The molecule has 0 aromatic heterocycles. The molecule has 1 aliphatic rings. The minimum atomic E-state index is -0.0917. The first kappa shape index (κ1) is 12.9. The molecular weight excluding hydrogens is 230 g/mol. The SMILES string of the molecule is COc1ccccc1C(=O)NCN1CCNCC1. The van der Waals surface area contributed by atoms with Crippen molar-refractivity contribution < 1.29 is 9.53 Å². The van der Waals surface area contributed by atoms with E-state index in [1.165, 1.54) is 0 Å². The van der Waals surface area contributed by atoms with Crippen molar-refractivity contribution >= 4 is 5.91 Å². The molecule has 1 saturated heterocycles. The van der Waals surface area contributed by atoms with E-state index in [9.17, 15) is 4.79 Å². The Morgan fingerprint density at radius 2 is 2.11 bits per heavy atom. The lowest BCUT2D eigenvalue weighted by molar-refractivity contribution is 0.0914. The standard InChI is InChI=1S/C13H19N3O2/c1-18-12-5-3-2-4-11(12)13(17)15-10-16-8-6-14-7-9-16/h2-5,14H,6-10H2,1H3,(H,15,17). The zero-order valence-electron chi connectivity index (χ0n) is 10.6. The van der Waals surface area contributed by atoms with E-state index in [0.29, 0.717) is 18.0 Å². The molecule has 0 radical (unpaired) electrons. The Morgan fingerprint density at radius 1 is 1.39 bits per heavy atom. The average Bonchev–Trinajstić information content (AvgIpc) is 2.45. The van der Waals surface area contributed by atoms with Gasteiger partial charge in [-0.3, -0.25) is 9.69 Å². The third-order valence-electron chi connectivity index (χ3n) is 3.02. The lowest BCUT2D eigenvalue weighted by atomic mass is 10.2. The van der Waals surface area contributed by atoms with Gasteiger partial charge in [-0.2, -0.15) is 0 Å². The highest BCUT2D eigenvalue weighted by Gasteiger charge is 2.13. The van der Waals surface area contributed by atoms with Gasteiger partial charge in [-0.05, 0) is 12.1 Å². The summed E-state index contributed by atoms with van der Waals surface area (Å²) in [6.45, 7) is 4.46. The predicted molar refractivity (Wildman–Crippen MR) is 69.8 cm³/mol. The fourth-order valence-electron chi connectivity index (χ4n) is 1.98. The van der Waals surface area contributed by atoms with Gasteiger partial charge in [-0.25, -0.2) is 0 Å². The van der Waals surface area contributed by atoms with Gasteiger partial charge in [0.15, 0.2) is 0 Å². The Hall–Kier alpha value is -1.59. The van der Waals surface area contributed by atoms with Crippen LogP contribution in [0.25, 0.3) is 0 Å². The minimum Gasteiger partial charge on any atom is -0.496 e. The molecule has 1 heterocycles. The number of amides is 1. The van der Waals surface area contributed by atoms with E-state index in [0.717, 1.165) is 26.2 Å². The Kier molecular flexibility index (Phi) is 4.55. The monoisotopic (exact) mass is 249 g/mol. The van der Waals surface area contributed by atoms with Gasteiger partial charge in [0.2, 0.25) is 0 Å². The van der Waals surface area contributed by atoms with Crippen LogP contribution in [0.1, 0.15) is 10.4 Å². The molecule has 0 atom stereocenters. The summed E-state index contributed by atoms with van der Waals surface area (Å²) in [6, 6.07) is 7.25. The molecule has 0 aliphatic carbocycles. The van der Waals surface area contributed by atoms with Crippen LogP contribution in [0.15, 0.2) is 24.3 Å². The Bertz CT molecular complexity index is 403. The number of nitrogens with one attached hydrogen (secondary N) is 2. The van der Waals surface area contributed by atoms with Crippen molar-refractivity contribution in [3.63, 3.8) is 0 Å². The Morgan fingerprint density at radius 3 is 2.83 bits per heavy atom. The number of methoxy groups -OCH3 is 1. The first-order chi connectivity index (χ1) is 8.81. The zero-order valence-corrected chi connectivity index (χ0v) is 10.6. The number of para-hydroxylation sites is 1. The molecule has 1 aliphatic heterocycles. The van der Waals surface area contributed by atoms with Crippen molar-refractivity contribution in [1.82, 2.24) is 15.5 Å². The van der Waals surface area contributed by atoms with Gasteiger partial charge >= 0.3 is 0 Å². The lowest BCUT2D eigenvalue weighted by Gasteiger charge is -2.27. The molecule has 1 aromatic rings. The van der Waals surface area contributed by atoms with Crippen LogP contribution in [0.5, 0.6) is 5.75 Å². The van der Waals surface area contributed by atoms with Crippen molar-refractivity contribution in [2.45, 2.75) is 0 Å². The minimum absolute atomic E-state index is 0.0917. The van der Waals surface area contributed by atoms with E-state index in [4.69, 9.17) is 4.74 Å². The number of rotatable bonds is 4. The smallest absolute Gasteiger partial charge is 0.256 e. The number of nitrogens with zero attached hydrogens (tertiary/aromatic N) is 1. The highest BCUT2D eigenvalue weighted by atomic mass is 16.5. The second kappa shape index (κ2) is 6.37. The number of piperazine rings is 1. The summed E-state index contributed by atoms with van der Waals surface area (Å²) in [5.74, 6) is 0.515. The fraction of sp³-hybridized carbons (Fsp3) is 0.462. The van der Waals surface area contributed by atoms with Crippen molar-refractivity contribution in [1.29, 1.82) is 0 Å². The van der Waals surface area contributed by atoms with Gasteiger partial charge in [0.1, 0.15) is 5.75 Å². The third-order valence-corrected chi connectivity index (χ3v) is 3.02. The fourth-order valence-corrected chi connectivity index (χ4v) is 1.98. The molecule has 0 spiro atoms. The van der Waals surface area contributed by atoms with Gasteiger partial charge in [0.25, 0.3) is 5.91 Å². The highest BCUT2D eigenvalue weighted by Crippen LogP contribution is 2.16. The van der Waals surface area contributed by atoms with E-state index in [1.807, 2.05) is 12.1 Å². The topological polar surface area (TPSA) is 53.6 Å². The van der Waals surface area contributed by atoms with Crippen molar-refractivity contribution in [3.05, 3.63) is 29.8 Å². The molecule has 0 saturated carbocycles. The first-order valence-corrected chi connectivity index (χ1v) is 6.15. The quantitative estimate of drug-likeness (QED) is 0.805. The van der Waals surface area contributed by atoms with Gasteiger partial charge in [-0.1, -0.05) is 12.1 Å². The van der Waals surface area contributed by atoms with Crippen LogP contribution in [0, 0.1) is 0 Å². The summed E-state index contributed by atoms with van der Waals surface area (Å²) < 4.78 is 5.17. The van der Waals surface area contributed by atoms with Gasteiger partial charge < -0.3 is 15.4 Å². The van der Waals surface area contributed by atoms with E-state index in [2.05, 4.69) is 15.5 Å². The predicted octanol–water partition coefficient (Wildman–Crippen LogP) is 0.288. The first-order valence-electron chi connectivity index (χ1n) is 6.15. The van der Waals surface area contributed by atoms with Crippen LogP contribution < -0.4 is 15.4 Å². The van der Waals surface area contributed by atoms with E-state index < -0.39 is 0 Å². The van der Waals surface area contributed by atoms with Crippen molar-refractivity contribution in [3.8, 4) is 5.75 Å². The van der Waals surface area contributed by atoms with Gasteiger partial charge in [0.05, 0.1) is 19.3 Å². The highest BCUT2D eigenvalue weighted by molar-refractivity contribution is 5.96. The molecule has 18 heavy (non-hydrogen) atoms. The van der Waals surface area contributed by atoms with E-state index in [1.54, 1.807) is 19.2 Å². The van der Waals surface area contributed by atoms with Gasteiger partial charge in [-0.15, -0.1) is 0 Å². The molecule has 1 fully saturated rings. The Labute approximate surface area is 107 Å². The molecular formula is C13H19N3O2. The maximum Gasteiger partial charge on any atom is 0.256 e. The van der Waals surface area contributed by atoms with Crippen LogP contribution in [-0.2, 0) is 0 Å². The van der Waals surface area contributed by atoms with Crippen molar-refractivity contribution in [2.75, 3.05) is 40.0 Å². The van der Waals surface area contributed by atoms with Crippen molar-refractivity contribution in [2.24, 2.45) is 0 Å². The largest absolute Gasteiger partial charge is 0.496 e. The van der Waals surface area contributed by atoms with Crippen LogP contribution >= 0.6 is 0 Å². The summed E-state index contributed by atoms with van der Waals surface area (Å²) in [5, 5.41) is 6.20. The molecule has 5 nitrogen and oxygen atoms in total. The third kappa shape index (κ3) is 3.21. The number of ether oxygens (including phenoxy) is 1. The average molecular weight is 249 g/mol. The molecule has 2 N–H and O–H groups in total. The normalized spacial score (nSPS) is 16.3. The van der Waals surface area contributed by atoms with Gasteiger partial charge in [0, 0.05) is 26.2 Å². The molecule has 98 valence electrons. The summed E-state index contributed by atoms with van der Waals surface area (Å²) in [5.41, 5.74) is 0.579. The maximum atomic E-state index is 12.0. The molecule has 1 amide bonds. The molecule has 1 aromatic carbocycles. The summed E-state index contributed by atoms with van der Waals surface area (Å²) >= 11 is 0. The summed E-state index contributed by atoms with van der Waals surface area (Å²) in [6.07, 6.45) is 0. The van der Waals surface area contributed by atoms with Crippen LogP contribution in [0.3, 0.4) is 0 Å². The number of carbonyl (C=O) groups is 1. The molecule has 5 heteroatoms. The number of hydrogen-bond acceptors (Lipinski definition) is 4. The van der Waals surface area contributed by atoms with Crippen LogP contribution in [-0.4, -0.2) is 50.8 Å². The number of carbonyl (C=O) groups excluding carboxylic acids is 1. The molecule has 0 unspecified atom stereocenters. The Balaban J connectivity index is 1.90.